The van der Waals surface area contributed by atoms with Crippen LogP contribution in [-0.2, 0) is 16.0 Å². The molecule has 104 valence electrons. The average Bonchev–Trinajstić information content (AvgIpc) is 2.35. The maximum Gasteiger partial charge on any atom is 0.240 e. The first-order valence-electron chi connectivity index (χ1n) is 6.31. The number of hydrogen-bond acceptors (Lipinski definition) is 3. The van der Waals surface area contributed by atoms with Gasteiger partial charge in [0.15, 0.2) is 0 Å². The van der Waals surface area contributed by atoms with Crippen LogP contribution in [0.2, 0.25) is 0 Å². The molecule has 0 radical (unpaired) electrons. The van der Waals surface area contributed by atoms with Crippen molar-refractivity contribution in [3.63, 3.8) is 0 Å². The molecule has 5 N–H and O–H groups in total. The minimum Gasteiger partial charge on any atom is -0.368 e. The van der Waals surface area contributed by atoms with Gasteiger partial charge in [0.2, 0.25) is 11.8 Å². The number of primary amides is 1. The molecule has 0 heterocycles. The molecule has 2 amide bonds. The van der Waals surface area contributed by atoms with Crippen LogP contribution in [0.1, 0.15) is 19.4 Å². The van der Waals surface area contributed by atoms with Gasteiger partial charge in [0.05, 0.1) is 6.04 Å². The first-order chi connectivity index (χ1) is 8.91. The summed E-state index contributed by atoms with van der Waals surface area (Å²) in [4.78, 5) is 23.1. The van der Waals surface area contributed by atoms with Crippen LogP contribution in [0.3, 0.4) is 0 Å². The molecule has 1 rings (SSSR count). The average molecular weight is 263 g/mol. The van der Waals surface area contributed by atoms with E-state index in [1.807, 2.05) is 44.2 Å². The highest BCUT2D eigenvalue weighted by molar-refractivity contribution is 5.89. The Kier molecular flexibility index (Phi) is 5.51. The van der Waals surface area contributed by atoms with Gasteiger partial charge in [0, 0.05) is 0 Å². The number of nitrogens with one attached hydrogen (secondary N) is 1. The number of amides is 2. The Bertz CT molecular complexity index is 432. The normalized spacial score (nSPS) is 13.9. The molecular weight excluding hydrogens is 242 g/mol. The third kappa shape index (κ3) is 4.71. The summed E-state index contributed by atoms with van der Waals surface area (Å²) in [6.07, 6.45) is 0.427. The van der Waals surface area contributed by atoms with Crippen LogP contribution in [0.25, 0.3) is 0 Å². The highest BCUT2D eigenvalue weighted by Gasteiger charge is 2.24. The number of carbonyl (C=O) groups is 2. The Morgan fingerprint density at radius 2 is 1.79 bits per heavy atom. The van der Waals surface area contributed by atoms with Gasteiger partial charge >= 0.3 is 0 Å². The summed E-state index contributed by atoms with van der Waals surface area (Å²) < 4.78 is 0. The van der Waals surface area contributed by atoms with Crippen LogP contribution in [-0.4, -0.2) is 23.9 Å². The van der Waals surface area contributed by atoms with Crippen molar-refractivity contribution in [3.05, 3.63) is 35.9 Å². The van der Waals surface area contributed by atoms with Crippen molar-refractivity contribution in [2.75, 3.05) is 0 Å². The summed E-state index contributed by atoms with van der Waals surface area (Å²) in [5.74, 6) is -0.970. The summed E-state index contributed by atoms with van der Waals surface area (Å²) >= 11 is 0. The maximum atomic E-state index is 11.9. The lowest BCUT2D eigenvalue weighted by Crippen LogP contribution is -2.53. The van der Waals surface area contributed by atoms with Crippen molar-refractivity contribution in [1.82, 2.24) is 5.32 Å². The van der Waals surface area contributed by atoms with Gasteiger partial charge in [-0.2, -0.15) is 0 Å². The van der Waals surface area contributed by atoms with E-state index in [0.717, 1.165) is 5.56 Å². The molecule has 1 aromatic rings. The zero-order valence-corrected chi connectivity index (χ0v) is 11.3. The van der Waals surface area contributed by atoms with Crippen molar-refractivity contribution in [1.29, 1.82) is 0 Å². The highest BCUT2D eigenvalue weighted by atomic mass is 16.2. The van der Waals surface area contributed by atoms with Crippen LogP contribution in [0.4, 0.5) is 0 Å². The molecule has 0 aliphatic heterocycles. The van der Waals surface area contributed by atoms with Crippen molar-refractivity contribution in [3.8, 4) is 0 Å². The Balaban J connectivity index is 2.60. The molecule has 1 aromatic carbocycles. The second kappa shape index (κ2) is 6.89. The summed E-state index contributed by atoms with van der Waals surface area (Å²) in [7, 11) is 0. The fourth-order valence-electron chi connectivity index (χ4n) is 1.79. The van der Waals surface area contributed by atoms with Gasteiger partial charge in [0.1, 0.15) is 6.04 Å². The molecular formula is C14H21N3O2. The summed E-state index contributed by atoms with van der Waals surface area (Å²) in [5.41, 5.74) is 12.1. The first-order valence-corrected chi connectivity index (χ1v) is 6.31. The zero-order chi connectivity index (χ0) is 14.4. The van der Waals surface area contributed by atoms with Gasteiger partial charge in [-0.15, -0.1) is 0 Å². The number of carbonyl (C=O) groups excluding carboxylic acids is 2. The summed E-state index contributed by atoms with van der Waals surface area (Å²) in [6, 6.07) is 8.11. The molecule has 0 saturated heterocycles. The number of nitrogens with two attached hydrogens (primary N) is 2. The van der Waals surface area contributed by atoms with Crippen LogP contribution < -0.4 is 16.8 Å². The predicted octanol–water partition coefficient (Wildman–Crippen LogP) is 0.183. The molecule has 1 unspecified atom stereocenters. The first kappa shape index (κ1) is 15.2. The third-order valence-corrected chi connectivity index (χ3v) is 2.91. The fourth-order valence-corrected chi connectivity index (χ4v) is 1.79. The lowest BCUT2D eigenvalue weighted by Gasteiger charge is -2.21. The van der Waals surface area contributed by atoms with Gasteiger partial charge in [-0.25, -0.2) is 0 Å². The minimum atomic E-state index is -0.692. The maximum absolute atomic E-state index is 11.9. The molecule has 19 heavy (non-hydrogen) atoms. The van der Waals surface area contributed by atoms with Crippen LogP contribution in [0.15, 0.2) is 30.3 Å². The smallest absolute Gasteiger partial charge is 0.240 e. The van der Waals surface area contributed by atoms with Gasteiger partial charge in [-0.3, -0.25) is 9.59 Å². The topological polar surface area (TPSA) is 98.2 Å². The van der Waals surface area contributed by atoms with Crippen molar-refractivity contribution in [2.24, 2.45) is 17.4 Å². The molecule has 5 nitrogen and oxygen atoms in total. The summed E-state index contributed by atoms with van der Waals surface area (Å²) in [6.45, 7) is 3.64. The van der Waals surface area contributed by atoms with Gasteiger partial charge in [-0.05, 0) is 17.9 Å². The Morgan fingerprint density at radius 3 is 2.26 bits per heavy atom. The van der Waals surface area contributed by atoms with Crippen molar-refractivity contribution >= 4 is 11.8 Å². The van der Waals surface area contributed by atoms with Crippen LogP contribution in [0, 0.1) is 5.92 Å². The molecule has 0 aliphatic carbocycles. The van der Waals surface area contributed by atoms with E-state index < -0.39 is 18.0 Å². The lowest BCUT2D eigenvalue weighted by molar-refractivity contribution is -0.129. The van der Waals surface area contributed by atoms with Crippen LogP contribution in [0.5, 0.6) is 0 Å². The van der Waals surface area contributed by atoms with E-state index >= 15 is 0 Å². The van der Waals surface area contributed by atoms with E-state index in [0.29, 0.717) is 6.42 Å². The van der Waals surface area contributed by atoms with E-state index in [1.165, 1.54) is 0 Å². The number of benzene rings is 1. The highest BCUT2D eigenvalue weighted by Crippen LogP contribution is 2.04. The molecule has 2 atom stereocenters. The van der Waals surface area contributed by atoms with E-state index in [9.17, 15) is 9.59 Å². The lowest BCUT2D eigenvalue weighted by atomic mass is 10.0. The number of hydrogen-bond donors (Lipinski definition) is 3. The second-order valence-corrected chi connectivity index (χ2v) is 4.93. The predicted molar refractivity (Wildman–Crippen MR) is 74.1 cm³/mol. The van der Waals surface area contributed by atoms with Gasteiger partial charge < -0.3 is 16.8 Å². The third-order valence-electron chi connectivity index (χ3n) is 2.91. The van der Waals surface area contributed by atoms with Crippen molar-refractivity contribution < 1.29 is 9.59 Å². The van der Waals surface area contributed by atoms with Gasteiger partial charge in [-0.1, -0.05) is 44.2 Å². The molecule has 0 aliphatic rings. The Morgan fingerprint density at radius 1 is 1.21 bits per heavy atom. The van der Waals surface area contributed by atoms with E-state index in [4.69, 9.17) is 11.5 Å². The minimum absolute atomic E-state index is 0.0645. The quantitative estimate of drug-likeness (QED) is 0.683. The summed E-state index contributed by atoms with van der Waals surface area (Å²) in [5, 5.41) is 2.60. The Hall–Kier alpha value is -1.88. The molecule has 0 saturated carbocycles. The van der Waals surface area contributed by atoms with Gasteiger partial charge in [0.25, 0.3) is 0 Å². The monoisotopic (exact) mass is 263 g/mol. The standard InChI is InChI=1S/C14H21N3O2/c1-9(2)12(13(16)18)17-14(19)11(15)8-10-6-4-3-5-7-10/h3-7,9,11-12H,8,15H2,1-2H3,(H2,16,18)(H,17,19)/t11-,12?/m1/s1. The van der Waals surface area contributed by atoms with E-state index in [1.54, 1.807) is 0 Å². The van der Waals surface area contributed by atoms with E-state index in [2.05, 4.69) is 5.32 Å². The Labute approximate surface area is 113 Å². The fraction of sp³-hybridized carbons (Fsp3) is 0.429. The van der Waals surface area contributed by atoms with Crippen molar-refractivity contribution in [2.45, 2.75) is 32.4 Å². The van der Waals surface area contributed by atoms with Crippen LogP contribution >= 0.6 is 0 Å². The molecule has 5 heteroatoms. The largest absolute Gasteiger partial charge is 0.368 e. The molecule has 0 spiro atoms. The van der Waals surface area contributed by atoms with E-state index in [-0.39, 0.29) is 11.8 Å². The SMILES string of the molecule is CC(C)C(NC(=O)[C@H](N)Cc1ccccc1)C(N)=O. The molecule has 0 bridgehead atoms. The zero-order valence-electron chi connectivity index (χ0n) is 11.3. The number of rotatable bonds is 6. The molecule has 0 aromatic heterocycles. The second-order valence-electron chi connectivity index (χ2n) is 4.93. The molecule has 0 fully saturated rings.